The van der Waals surface area contributed by atoms with Crippen LogP contribution >= 0.6 is 35.0 Å². The molecule has 2 amide bonds. The van der Waals surface area contributed by atoms with Crippen LogP contribution in [0.2, 0.25) is 10.0 Å². The summed E-state index contributed by atoms with van der Waals surface area (Å²) in [6.07, 6.45) is 1.29. The van der Waals surface area contributed by atoms with Crippen molar-refractivity contribution in [2.24, 2.45) is 0 Å². The van der Waals surface area contributed by atoms with Crippen LogP contribution in [-0.4, -0.2) is 35.1 Å². The molecule has 1 atom stereocenters. The predicted octanol–water partition coefficient (Wildman–Crippen LogP) is 5.70. The molecule has 0 aliphatic heterocycles. The van der Waals surface area contributed by atoms with Crippen molar-refractivity contribution in [1.82, 2.24) is 10.2 Å². The van der Waals surface area contributed by atoms with Crippen molar-refractivity contribution < 1.29 is 14.0 Å². The Hall–Kier alpha value is -1.76. The van der Waals surface area contributed by atoms with Crippen LogP contribution in [0.1, 0.15) is 37.8 Å². The standard InChI is InChI=1S/C23H27Cl2FN2O2S/c1-3-11-27-23(30)21(4-2)28(13-17-7-8-18(24)12-20(17)25)22(29)15-31-14-16-5-9-19(26)10-6-16/h5-10,12,21H,3-4,11,13-15H2,1-2H3,(H,27,30)/t21-/m0/s1. The molecule has 0 aromatic heterocycles. The number of benzene rings is 2. The first kappa shape index (κ1) is 25.5. The second-order valence-electron chi connectivity index (χ2n) is 7.09. The van der Waals surface area contributed by atoms with Gasteiger partial charge in [0.2, 0.25) is 11.8 Å². The zero-order valence-corrected chi connectivity index (χ0v) is 20.0. The van der Waals surface area contributed by atoms with Gasteiger partial charge in [0.15, 0.2) is 0 Å². The third kappa shape index (κ3) is 8.02. The number of nitrogens with one attached hydrogen (secondary N) is 1. The van der Waals surface area contributed by atoms with Gasteiger partial charge in [0.1, 0.15) is 11.9 Å². The zero-order chi connectivity index (χ0) is 22.8. The second-order valence-corrected chi connectivity index (χ2v) is 8.92. The van der Waals surface area contributed by atoms with Crippen molar-refractivity contribution >= 4 is 46.8 Å². The number of amides is 2. The van der Waals surface area contributed by atoms with Crippen LogP contribution in [0.5, 0.6) is 0 Å². The van der Waals surface area contributed by atoms with E-state index in [-0.39, 0.29) is 29.9 Å². The largest absolute Gasteiger partial charge is 0.354 e. The first-order valence-electron chi connectivity index (χ1n) is 10.2. The predicted molar refractivity (Wildman–Crippen MR) is 127 cm³/mol. The molecule has 0 fully saturated rings. The second kappa shape index (κ2) is 12.9. The minimum absolute atomic E-state index is 0.156. The number of halogens is 3. The third-order valence-electron chi connectivity index (χ3n) is 4.70. The van der Waals surface area contributed by atoms with E-state index in [1.165, 1.54) is 23.9 Å². The van der Waals surface area contributed by atoms with E-state index in [0.29, 0.717) is 28.8 Å². The molecule has 0 saturated heterocycles. The first-order chi connectivity index (χ1) is 14.8. The third-order valence-corrected chi connectivity index (χ3v) is 6.27. The minimum atomic E-state index is -0.600. The highest BCUT2D eigenvalue weighted by Gasteiger charge is 2.28. The van der Waals surface area contributed by atoms with E-state index < -0.39 is 6.04 Å². The monoisotopic (exact) mass is 484 g/mol. The molecule has 31 heavy (non-hydrogen) atoms. The van der Waals surface area contributed by atoms with Crippen molar-refractivity contribution in [3.63, 3.8) is 0 Å². The summed E-state index contributed by atoms with van der Waals surface area (Å²) in [7, 11) is 0. The van der Waals surface area contributed by atoms with Crippen LogP contribution in [-0.2, 0) is 21.9 Å². The summed E-state index contributed by atoms with van der Waals surface area (Å²) in [5, 5.41) is 3.85. The van der Waals surface area contributed by atoms with Crippen LogP contribution in [0.15, 0.2) is 42.5 Å². The first-order valence-corrected chi connectivity index (χ1v) is 12.1. The van der Waals surface area contributed by atoms with E-state index in [9.17, 15) is 14.0 Å². The molecule has 168 valence electrons. The van der Waals surface area contributed by atoms with Gasteiger partial charge in [-0.2, -0.15) is 0 Å². The summed E-state index contributed by atoms with van der Waals surface area (Å²) >= 11 is 13.7. The lowest BCUT2D eigenvalue weighted by molar-refractivity contribution is -0.139. The smallest absolute Gasteiger partial charge is 0.242 e. The van der Waals surface area contributed by atoms with Crippen molar-refractivity contribution in [1.29, 1.82) is 0 Å². The molecule has 4 nitrogen and oxygen atoms in total. The van der Waals surface area contributed by atoms with Gasteiger partial charge in [-0.15, -0.1) is 11.8 Å². The molecule has 2 aromatic rings. The number of carbonyl (C=O) groups is 2. The topological polar surface area (TPSA) is 49.4 Å². The summed E-state index contributed by atoms with van der Waals surface area (Å²) in [5.41, 5.74) is 1.66. The molecule has 0 aliphatic rings. The van der Waals surface area contributed by atoms with E-state index in [0.717, 1.165) is 17.5 Å². The van der Waals surface area contributed by atoms with Crippen molar-refractivity contribution in [3.8, 4) is 0 Å². The van der Waals surface area contributed by atoms with Crippen LogP contribution in [0.25, 0.3) is 0 Å². The molecule has 0 unspecified atom stereocenters. The number of thioether (sulfide) groups is 1. The quantitative estimate of drug-likeness (QED) is 0.444. The number of hydrogen-bond acceptors (Lipinski definition) is 3. The maximum Gasteiger partial charge on any atom is 0.242 e. The molecule has 0 spiro atoms. The SMILES string of the molecule is CCCNC(=O)[C@H](CC)N(Cc1ccc(Cl)cc1Cl)C(=O)CSCc1ccc(F)cc1. The molecule has 0 radical (unpaired) electrons. The Morgan fingerprint density at radius 1 is 1.13 bits per heavy atom. The molecule has 0 saturated carbocycles. The zero-order valence-electron chi connectivity index (χ0n) is 17.7. The molecule has 0 heterocycles. The number of hydrogen-bond donors (Lipinski definition) is 1. The normalized spacial score (nSPS) is 11.8. The van der Waals surface area contributed by atoms with Gasteiger partial charge in [-0.3, -0.25) is 9.59 Å². The highest BCUT2D eigenvalue weighted by molar-refractivity contribution is 7.99. The van der Waals surface area contributed by atoms with Gasteiger partial charge >= 0.3 is 0 Å². The lowest BCUT2D eigenvalue weighted by Gasteiger charge is -2.31. The van der Waals surface area contributed by atoms with Crippen molar-refractivity contribution in [3.05, 3.63) is 69.5 Å². The van der Waals surface area contributed by atoms with Crippen LogP contribution in [0.4, 0.5) is 4.39 Å². The van der Waals surface area contributed by atoms with E-state index in [1.54, 1.807) is 35.2 Å². The summed E-state index contributed by atoms with van der Waals surface area (Å²) in [4.78, 5) is 27.5. The summed E-state index contributed by atoms with van der Waals surface area (Å²) in [5.74, 6) is 0.142. The fourth-order valence-corrected chi connectivity index (χ4v) is 4.38. The molecule has 0 aliphatic carbocycles. The highest BCUT2D eigenvalue weighted by Crippen LogP contribution is 2.24. The highest BCUT2D eigenvalue weighted by atomic mass is 35.5. The van der Waals surface area contributed by atoms with E-state index in [4.69, 9.17) is 23.2 Å². The summed E-state index contributed by atoms with van der Waals surface area (Å²) in [6.45, 7) is 4.62. The fraction of sp³-hybridized carbons (Fsp3) is 0.391. The summed E-state index contributed by atoms with van der Waals surface area (Å²) in [6, 6.07) is 10.7. The van der Waals surface area contributed by atoms with E-state index in [1.807, 2.05) is 13.8 Å². The molecule has 1 N–H and O–H groups in total. The Bertz CT molecular complexity index is 880. The Kier molecular flexibility index (Phi) is 10.6. The lowest BCUT2D eigenvalue weighted by Crippen LogP contribution is -2.49. The van der Waals surface area contributed by atoms with Gasteiger partial charge in [0, 0.05) is 28.9 Å². The Morgan fingerprint density at radius 2 is 1.84 bits per heavy atom. The Labute approximate surface area is 197 Å². The Morgan fingerprint density at radius 3 is 2.45 bits per heavy atom. The van der Waals surface area contributed by atoms with Crippen LogP contribution < -0.4 is 5.32 Å². The molecular weight excluding hydrogens is 458 g/mol. The maximum atomic E-state index is 13.1. The van der Waals surface area contributed by atoms with Gasteiger partial charge in [-0.25, -0.2) is 4.39 Å². The molecule has 8 heteroatoms. The average molecular weight is 485 g/mol. The fourth-order valence-electron chi connectivity index (χ4n) is 3.04. The Balaban J connectivity index is 2.14. The van der Waals surface area contributed by atoms with Crippen LogP contribution in [0, 0.1) is 5.82 Å². The lowest BCUT2D eigenvalue weighted by atomic mass is 10.1. The van der Waals surface area contributed by atoms with Crippen LogP contribution in [0.3, 0.4) is 0 Å². The van der Waals surface area contributed by atoms with Gasteiger partial charge in [-0.05, 0) is 48.2 Å². The number of carbonyl (C=O) groups excluding carboxylic acids is 2. The van der Waals surface area contributed by atoms with Gasteiger partial charge in [0.25, 0.3) is 0 Å². The van der Waals surface area contributed by atoms with Gasteiger partial charge < -0.3 is 10.2 Å². The summed E-state index contributed by atoms with van der Waals surface area (Å²) < 4.78 is 13.1. The molecule has 2 rings (SSSR count). The molecule has 2 aromatic carbocycles. The van der Waals surface area contributed by atoms with Gasteiger partial charge in [0.05, 0.1) is 5.75 Å². The van der Waals surface area contributed by atoms with E-state index >= 15 is 0 Å². The molecular formula is C23H27Cl2FN2O2S. The van der Waals surface area contributed by atoms with Crippen molar-refractivity contribution in [2.45, 2.75) is 45.0 Å². The van der Waals surface area contributed by atoms with Crippen molar-refractivity contribution in [2.75, 3.05) is 12.3 Å². The number of rotatable bonds is 11. The van der Waals surface area contributed by atoms with Gasteiger partial charge in [-0.1, -0.05) is 55.2 Å². The maximum absolute atomic E-state index is 13.1. The van der Waals surface area contributed by atoms with E-state index in [2.05, 4.69) is 5.32 Å². The number of nitrogens with zero attached hydrogens (tertiary/aromatic N) is 1. The molecule has 0 bridgehead atoms. The average Bonchev–Trinajstić information content (AvgIpc) is 2.74. The minimum Gasteiger partial charge on any atom is -0.354 e.